The standard InChI is InChI=1S/C18H24N4O/c19-17(23)16-2-1-5-20-18(16)22-8-6-21(7-9-22)12-15-11-13-3-4-14(15)10-13/h1-5,13-15H,6-12H2,(H2,19,23). The molecule has 0 radical (unpaired) electrons. The van der Waals surface area contributed by atoms with E-state index in [1.807, 2.05) is 0 Å². The Morgan fingerprint density at radius 1 is 1.22 bits per heavy atom. The molecular formula is C18H24N4O. The van der Waals surface area contributed by atoms with E-state index in [4.69, 9.17) is 5.73 Å². The minimum Gasteiger partial charge on any atom is -0.365 e. The van der Waals surface area contributed by atoms with Gasteiger partial charge in [0.2, 0.25) is 0 Å². The van der Waals surface area contributed by atoms with Crippen LogP contribution in [0, 0.1) is 17.8 Å². The molecule has 2 N–H and O–H groups in total. The number of nitrogens with two attached hydrogens (primary N) is 1. The van der Waals surface area contributed by atoms with E-state index in [0.29, 0.717) is 5.56 Å². The summed E-state index contributed by atoms with van der Waals surface area (Å²) in [6.07, 6.45) is 9.32. The number of hydrogen-bond donors (Lipinski definition) is 1. The number of primary amides is 1. The van der Waals surface area contributed by atoms with Crippen LogP contribution in [-0.4, -0.2) is 48.5 Å². The zero-order valence-electron chi connectivity index (χ0n) is 13.4. The van der Waals surface area contributed by atoms with Crippen molar-refractivity contribution >= 4 is 11.7 Å². The fraction of sp³-hybridized carbons (Fsp3) is 0.556. The van der Waals surface area contributed by atoms with Crippen molar-refractivity contribution in [2.45, 2.75) is 12.8 Å². The van der Waals surface area contributed by atoms with E-state index in [2.05, 4.69) is 26.9 Å². The summed E-state index contributed by atoms with van der Waals surface area (Å²) in [6.45, 7) is 5.10. The van der Waals surface area contributed by atoms with Gasteiger partial charge in [0.25, 0.3) is 5.91 Å². The van der Waals surface area contributed by atoms with Crippen molar-refractivity contribution in [2.75, 3.05) is 37.6 Å². The first-order chi connectivity index (χ1) is 11.2. The van der Waals surface area contributed by atoms with Crippen molar-refractivity contribution < 1.29 is 4.79 Å². The van der Waals surface area contributed by atoms with Crippen LogP contribution in [0.3, 0.4) is 0 Å². The number of aromatic nitrogens is 1. The van der Waals surface area contributed by atoms with Gasteiger partial charge < -0.3 is 10.6 Å². The molecule has 4 rings (SSSR count). The normalized spacial score (nSPS) is 30.1. The molecule has 1 aromatic heterocycles. The van der Waals surface area contributed by atoms with Crippen molar-refractivity contribution in [3.05, 3.63) is 36.0 Å². The minimum absolute atomic E-state index is 0.399. The molecule has 1 saturated heterocycles. The van der Waals surface area contributed by atoms with Gasteiger partial charge in [0.15, 0.2) is 0 Å². The fourth-order valence-electron chi connectivity index (χ4n) is 4.42. The summed E-state index contributed by atoms with van der Waals surface area (Å²) in [6, 6.07) is 3.53. The number of carbonyl (C=O) groups excluding carboxylic acids is 1. The quantitative estimate of drug-likeness (QED) is 0.856. The van der Waals surface area contributed by atoms with Gasteiger partial charge >= 0.3 is 0 Å². The maximum absolute atomic E-state index is 11.6. The number of allylic oxidation sites excluding steroid dienone is 2. The molecule has 122 valence electrons. The number of amides is 1. The average molecular weight is 312 g/mol. The number of rotatable bonds is 4. The number of anilines is 1. The van der Waals surface area contributed by atoms with Crippen LogP contribution in [0.2, 0.25) is 0 Å². The molecule has 3 unspecified atom stereocenters. The highest BCUT2D eigenvalue weighted by Gasteiger charge is 2.36. The maximum Gasteiger partial charge on any atom is 0.252 e. The summed E-state index contributed by atoms with van der Waals surface area (Å²) in [4.78, 5) is 20.7. The second-order valence-electron chi connectivity index (χ2n) is 7.07. The number of piperazine rings is 1. The van der Waals surface area contributed by atoms with Gasteiger partial charge in [-0.1, -0.05) is 12.2 Å². The van der Waals surface area contributed by atoms with Gasteiger partial charge in [0, 0.05) is 38.9 Å². The van der Waals surface area contributed by atoms with Crippen molar-refractivity contribution in [1.82, 2.24) is 9.88 Å². The monoisotopic (exact) mass is 312 g/mol. The summed E-state index contributed by atoms with van der Waals surface area (Å²) in [7, 11) is 0. The average Bonchev–Trinajstić information content (AvgIpc) is 3.18. The largest absolute Gasteiger partial charge is 0.365 e. The number of nitrogens with zero attached hydrogens (tertiary/aromatic N) is 3. The summed E-state index contributed by atoms with van der Waals surface area (Å²) in [5.74, 6) is 2.84. The van der Waals surface area contributed by atoms with Crippen molar-refractivity contribution in [1.29, 1.82) is 0 Å². The highest BCUT2D eigenvalue weighted by Crippen LogP contribution is 2.43. The Hall–Kier alpha value is -1.88. The molecule has 23 heavy (non-hydrogen) atoms. The SMILES string of the molecule is NC(=O)c1cccnc1N1CCN(CC2CC3C=CC2C3)CC1. The summed E-state index contributed by atoms with van der Waals surface area (Å²) >= 11 is 0. The second kappa shape index (κ2) is 5.96. The van der Waals surface area contributed by atoms with Crippen LogP contribution in [0.4, 0.5) is 5.82 Å². The lowest BCUT2D eigenvalue weighted by Crippen LogP contribution is -2.48. The molecule has 2 bridgehead atoms. The van der Waals surface area contributed by atoms with Gasteiger partial charge in [0.05, 0.1) is 5.56 Å². The molecule has 0 aromatic carbocycles. The lowest BCUT2D eigenvalue weighted by molar-refractivity contribution is 0.1000. The number of carbonyl (C=O) groups is 1. The third-order valence-electron chi connectivity index (χ3n) is 5.63. The molecule has 0 spiro atoms. The van der Waals surface area contributed by atoms with Gasteiger partial charge in [-0.05, 0) is 42.7 Å². The summed E-state index contributed by atoms with van der Waals surface area (Å²) in [5.41, 5.74) is 6.00. The van der Waals surface area contributed by atoms with Crippen LogP contribution < -0.4 is 10.6 Å². The van der Waals surface area contributed by atoms with E-state index in [1.165, 1.54) is 19.4 Å². The predicted octanol–water partition coefficient (Wildman–Crippen LogP) is 1.51. The Morgan fingerprint density at radius 3 is 2.70 bits per heavy atom. The Labute approximate surface area is 137 Å². The van der Waals surface area contributed by atoms with E-state index in [-0.39, 0.29) is 0 Å². The number of pyridine rings is 1. The Morgan fingerprint density at radius 2 is 2.04 bits per heavy atom. The number of fused-ring (bicyclic) bond motifs is 2. The van der Waals surface area contributed by atoms with Crippen LogP contribution in [0.1, 0.15) is 23.2 Å². The molecule has 3 atom stereocenters. The summed E-state index contributed by atoms with van der Waals surface area (Å²) < 4.78 is 0. The van der Waals surface area contributed by atoms with E-state index in [0.717, 1.165) is 49.8 Å². The molecule has 5 nitrogen and oxygen atoms in total. The van der Waals surface area contributed by atoms with Crippen molar-refractivity contribution in [2.24, 2.45) is 23.5 Å². The molecular weight excluding hydrogens is 288 g/mol. The molecule has 2 fully saturated rings. The van der Waals surface area contributed by atoms with E-state index in [1.54, 1.807) is 18.3 Å². The van der Waals surface area contributed by atoms with Crippen LogP contribution >= 0.6 is 0 Å². The zero-order chi connectivity index (χ0) is 15.8. The smallest absolute Gasteiger partial charge is 0.252 e. The van der Waals surface area contributed by atoms with Crippen LogP contribution in [0.25, 0.3) is 0 Å². The molecule has 1 aromatic rings. The third-order valence-corrected chi connectivity index (χ3v) is 5.63. The third kappa shape index (κ3) is 2.85. The first kappa shape index (κ1) is 14.7. The lowest BCUT2D eigenvalue weighted by Gasteiger charge is -2.37. The predicted molar refractivity (Wildman–Crippen MR) is 90.3 cm³/mol. The van der Waals surface area contributed by atoms with Crippen LogP contribution in [-0.2, 0) is 0 Å². The Kier molecular flexibility index (Phi) is 3.81. The highest BCUT2D eigenvalue weighted by molar-refractivity contribution is 5.97. The fourth-order valence-corrected chi connectivity index (χ4v) is 4.42. The van der Waals surface area contributed by atoms with E-state index in [9.17, 15) is 4.79 Å². The van der Waals surface area contributed by atoms with Crippen LogP contribution in [0.15, 0.2) is 30.5 Å². The summed E-state index contributed by atoms with van der Waals surface area (Å²) in [5, 5.41) is 0. The Bertz CT molecular complexity index is 621. The highest BCUT2D eigenvalue weighted by atomic mass is 16.1. The minimum atomic E-state index is -0.399. The van der Waals surface area contributed by atoms with Crippen molar-refractivity contribution in [3.63, 3.8) is 0 Å². The zero-order valence-corrected chi connectivity index (χ0v) is 13.4. The Balaban J connectivity index is 1.36. The van der Waals surface area contributed by atoms with Gasteiger partial charge in [-0.3, -0.25) is 9.69 Å². The molecule has 1 aliphatic heterocycles. The number of hydrogen-bond acceptors (Lipinski definition) is 4. The van der Waals surface area contributed by atoms with Gasteiger partial charge in [0.1, 0.15) is 5.82 Å². The van der Waals surface area contributed by atoms with Crippen LogP contribution in [0.5, 0.6) is 0 Å². The lowest BCUT2D eigenvalue weighted by atomic mass is 9.93. The first-order valence-electron chi connectivity index (χ1n) is 8.61. The molecule has 2 aliphatic carbocycles. The topological polar surface area (TPSA) is 62.5 Å². The first-order valence-corrected chi connectivity index (χ1v) is 8.61. The van der Waals surface area contributed by atoms with E-state index < -0.39 is 5.91 Å². The van der Waals surface area contributed by atoms with Gasteiger partial charge in [-0.15, -0.1) is 0 Å². The van der Waals surface area contributed by atoms with Gasteiger partial charge in [-0.25, -0.2) is 4.98 Å². The van der Waals surface area contributed by atoms with Crippen molar-refractivity contribution in [3.8, 4) is 0 Å². The molecule has 1 amide bonds. The van der Waals surface area contributed by atoms with Gasteiger partial charge in [-0.2, -0.15) is 0 Å². The molecule has 1 saturated carbocycles. The maximum atomic E-state index is 11.6. The molecule has 2 heterocycles. The van der Waals surface area contributed by atoms with E-state index >= 15 is 0 Å². The second-order valence-corrected chi connectivity index (χ2v) is 7.07. The molecule has 5 heteroatoms. The molecule has 3 aliphatic rings.